The Labute approximate surface area is 105 Å². The van der Waals surface area contributed by atoms with Crippen LogP contribution < -0.4 is 0 Å². The topological polar surface area (TPSA) is 38.0 Å². The van der Waals surface area contributed by atoms with Gasteiger partial charge < -0.3 is 5.11 Å². The number of nitrogens with zero attached hydrogens (tertiary/aromatic N) is 2. The van der Waals surface area contributed by atoms with E-state index in [2.05, 4.69) is 48.7 Å². The van der Waals surface area contributed by atoms with Crippen LogP contribution in [-0.4, -0.2) is 14.9 Å². The molecule has 1 N–H and O–H groups in total. The predicted molar refractivity (Wildman–Crippen MR) is 67.2 cm³/mol. The first-order valence-electron chi connectivity index (χ1n) is 5.75. The van der Waals surface area contributed by atoms with E-state index in [4.69, 9.17) is 0 Å². The van der Waals surface area contributed by atoms with Crippen molar-refractivity contribution in [3.63, 3.8) is 0 Å². The lowest BCUT2D eigenvalue weighted by Gasteiger charge is -2.17. The van der Waals surface area contributed by atoms with Crippen LogP contribution >= 0.6 is 15.9 Å². The second-order valence-corrected chi connectivity index (χ2v) is 6.51. The molecule has 2 atom stereocenters. The Kier molecular flexibility index (Phi) is 2.91. The summed E-state index contributed by atoms with van der Waals surface area (Å²) in [5.74, 6) is 0.359. The van der Waals surface area contributed by atoms with Crippen LogP contribution in [0, 0.1) is 11.3 Å². The lowest BCUT2D eigenvalue weighted by molar-refractivity contribution is 0.126. The van der Waals surface area contributed by atoms with Crippen molar-refractivity contribution in [3.8, 4) is 0 Å². The number of halogens is 1. The van der Waals surface area contributed by atoms with Gasteiger partial charge in [-0.1, -0.05) is 13.8 Å². The van der Waals surface area contributed by atoms with Gasteiger partial charge in [0.05, 0.1) is 16.4 Å². The summed E-state index contributed by atoms with van der Waals surface area (Å²) in [6.45, 7) is 8.55. The third-order valence-electron chi connectivity index (χ3n) is 3.53. The molecule has 0 saturated heterocycles. The quantitative estimate of drug-likeness (QED) is 0.926. The van der Waals surface area contributed by atoms with Crippen LogP contribution in [0.4, 0.5) is 0 Å². The van der Waals surface area contributed by atoms with E-state index in [1.807, 2.05) is 4.68 Å². The number of aliphatic hydroxyl groups excluding tert-OH is 1. The van der Waals surface area contributed by atoms with Crippen molar-refractivity contribution in [2.45, 2.75) is 46.3 Å². The Bertz CT molecular complexity index is 398. The summed E-state index contributed by atoms with van der Waals surface area (Å²) >= 11 is 3.48. The summed E-state index contributed by atoms with van der Waals surface area (Å²) in [5, 5.41) is 14.7. The Hall–Kier alpha value is -0.350. The molecule has 16 heavy (non-hydrogen) atoms. The summed E-state index contributed by atoms with van der Waals surface area (Å²) in [5.41, 5.74) is 1.19. The number of hydrogen-bond acceptors (Lipinski definition) is 2. The van der Waals surface area contributed by atoms with Crippen LogP contribution in [0.5, 0.6) is 0 Å². The molecule has 2 rings (SSSR count). The summed E-state index contributed by atoms with van der Waals surface area (Å²) < 4.78 is 2.82. The molecule has 0 radical (unpaired) electrons. The molecule has 0 aromatic carbocycles. The molecule has 0 bridgehead atoms. The maximum atomic E-state index is 10.4. The summed E-state index contributed by atoms with van der Waals surface area (Å²) in [4.78, 5) is 0. The molecule has 1 aliphatic rings. The van der Waals surface area contributed by atoms with Gasteiger partial charge in [0.2, 0.25) is 0 Å². The highest BCUT2D eigenvalue weighted by Gasteiger charge is 2.51. The fraction of sp³-hybridized carbons (Fsp3) is 0.750. The zero-order chi connectivity index (χ0) is 12.1. The van der Waals surface area contributed by atoms with E-state index in [0.717, 1.165) is 16.6 Å². The second kappa shape index (κ2) is 3.84. The fourth-order valence-corrected chi connectivity index (χ4v) is 2.78. The SMILES string of the molecule is CC(C)n1ncc(Br)c1C(O)C1CC1(C)C. The summed E-state index contributed by atoms with van der Waals surface area (Å²) in [7, 11) is 0. The molecule has 2 unspecified atom stereocenters. The molecule has 0 aliphatic heterocycles. The highest BCUT2D eigenvalue weighted by Crippen LogP contribution is 2.58. The molecule has 1 aromatic rings. The van der Waals surface area contributed by atoms with Gasteiger partial charge in [0.15, 0.2) is 0 Å². The van der Waals surface area contributed by atoms with Crippen LogP contribution in [0.2, 0.25) is 0 Å². The van der Waals surface area contributed by atoms with Crippen molar-refractivity contribution in [2.24, 2.45) is 11.3 Å². The van der Waals surface area contributed by atoms with Gasteiger partial charge in [-0.3, -0.25) is 4.68 Å². The van der Waals surface area contributed by atoms with Crippen molar-refractivity contribution in [3.05, 3.63) is 16.4 Å². The van der Waals surface area contributed by atoms with Gasteiger partial charge in [-0.15, -0.1) is 0 Å². The van der Waals surface area contributed by atoms with Gasteiger partial charge in [0.1, 0.15) is 6.10 Å². The number of hydrogen-bond donors (Lipinski definition) is 1. The van der Waals surface area contributed by atoms with Crippen LogP contribution in [0.15, 0.2) is 10.7 Å². The maximum absolute atomic E-state index is 10.4. The summed E-state index contributed by atoms with van der Waals surface area (Å²) in [6, 6.07) is 0.276. The Morgan fingerprint density at radius 1 is 1.56 bits per heavy atom. The van der Waals surface area contributed by atoms with Crippen molar-refractivity contribution < 1.29 is 5.11 Å². The maximum Gasteiger partial charge on any atom is 0.100 e. The Morgan fingerprint density at radius 3 is 2.56 bits per heavy atom. The van der Waals surface area contributed by atoms with E-state index in [1.54, 1.807) is 6.20 Å². The fourth-order valence-electron chi connectivity index (χ4n) is 2.28. The molecule has 3 nitrogen and oxygen atoms in total. The largest absolute Gasteiger partial charge is 0.386 e. The third-order valence-corrected chi connectivity index (χ3v) is 4.14. The number of rotatable bonds is 3. The van der Waals surface area contributed by atoms with E-state index in [0.29, 0.717) is 5.92 Å². The van der Waals surface area contributed by atoms with E-state index in [1.165, 1.54) is 0 Å². The smallest absolute Gasteiger partial charge is 0.100 e. The Balaban J connectivity index is 2.29. The van der Waals surface area contributed by atoms with Crippen molar-refractivity contribution >= 4 is 15.9 Å². The molecule has 0 amide bonds. The molecular formula is C12H19BrN2O. The van der Waals surface area contributed by atoms with Crippen LogP contribution in [-0.2, 0) is 0 Å². The molecule has 1 fully saturated rings. The minimum Gasteiger partial charge on any atom is -0.386 e. The van der Waals surface area contributed by atoms with Crippen LogP contribution in [0.1, 0.15) is 52.0 Å². The molecule has 4 heteroatoms. The molecule has 1 aromatic heterocycles. The lowest BCUT2D eigenvalue weighted by atomic mass is 10.0. The van der Waals surface area contributed by atoms with Gasteiger partial charge in [0, 0.05) is 6.04 Å². The average molecular weight is 287 g/mol. The van der Waals surface area contributed by atoms with Crippen LogP contribution in [0.25, 0.3) is 0 Å². The molecule has 1 heterocycles. The first kappa shape index (κ1) is 12.1. The lowest BCUT2D eigenvalue weighted by Crippen LogP contribution is -2.14. The average Bonchev–Trinajstić information content (AvgIpc) is 2.64. The monoisotopic (exact) mass is 286 g/mol. The van der Waals surface area contributed by atoms with Crippen molar-refractivity contribution in [2.75, 3.05) is 0 Å². The van der Waals surface area contributed by atoms with Crippen molar-refractivity contribution in [1.82, 2.24) is 9.78 Å². The van der Waals surface area contributed by atoms with Gasteiger partial charge in [-0.2, -0.15) is 5.10 Å². The predicted octanol–water partition coefficient (Wildman–Crippen LogP) is 3.31. The minimum atomic E-state index is -0.408. The molecule has 1 aliphatic carbocycles. The third kappa shape index (κ3) is 1.93. The summed E-state index contributed by atoms with van der Waals surface area (Å²) in [6.07, 6.45) is 2.45. The van der Waals surface area contributed by atoms with E-state index >= 15 is 0 Å². The van der Waals surface area contributed by atoms with Gasteiger partial charge in [-0.05, 0) is 47.5 Å². The van der Waals surface area contributed by atoms with Gasteiger partial charge >= 0.3 is 0 Å². The number of aromatic nitrogens is 2. The van der Waals surface area contributed by atoms with E-state index < -0.39 is 6.10 Å². The van der Waals surface area contributed by atoms with Gasteiger partial charge in [-0.25, -0.2) is 0 Å². The molecule has 90 valence electrons. The molecular weight excluding hydrogens is 268 g/mol. The minimum absolute atomic E-state index is 0.269. The first-order chi connectivity index (χ1) is 7.34. The standard InChI is InChI=1S/C12H19BrN2O/c1-7(2)15-10(9(13)6-14-15)11(16)8-5-12(8,3)4/h6-8,11,16H,5H2,1-4H3. The zero-order valence-electron chi connectivity index (χ0n) is 10.2. The highest BCUT2D eigenvalue weighted by atomic mass is 79.9. The normalized spacial score (nSPS) is 24.8. The van der Waals surface area contributed by atoms with Crippen molar-refractivity contribution in [1.29, 1.82) is 0 Å². The molecule has 0 spiro atoms. The van der Waals surface area contributed by atoms with E-state index in [9.17, 15) is 5.11 Å². The zero-order valence-corrected chi connectivity index (χ0v) is 11.8. The highest BCUT2D eigenvalue weighted by molar-refractivity contribution is 9.10. The number of aliphatic hydroxyl groups is 1. The Morgan fingerprint density at radius 2 is 2.12 bits per heavy atom. The second-order valence-electron chi connectivity index (χ2n) is 5.66. The van der Waals surface area contributed by atoms with Crippen LogP contribution in [0.3, 0.4) is 0 Å². The molecule has 1 saturated carbocycles. The first-order valence-corrected chi connectivity index (χ1v) is 6.55. The van der Waals surface area contributed by atoms with Gasteiger partial charge in [0.25, 0.3) is 0 Å². The van der Waals surface area contributed by atoms with E-state index in [-0.39, 0.29) is 11.5 Å².